The average Bonchev–Trinajstić information content (AvgIpc) is 2.55. The molecule has 0 aromatic heterocycles. The number of fused-ring (bicyclic) bond motifs is 1. The van der Waals surface area contributed by atoms with Gasteiger partial charge in [0, 0.05) is 6.92 Å². The molecule has 23 heavy (non-hydrogen) atoms. The minimum atomic E-state index is -0.462. The summed E-state index contributed by atoms with van der Waals surface area (Å²) in [4.78, 5) is 23.5. The van der Waals surface area contributed by atoms with Crippen LogP contribution >= 0.6 is 0 Å². The Hall–Kier alpha value is -3.14. The number of esters is 2. The monoisotopic (exact) mass is 306 g/mol. The van der Waals surface area contributed by atoms with Crippen LogP contribution in [0.3, 0.4) is 0 Å². The Morgan fingerprint density at radius 1 is 0.739 bits per heavy atom. The van der Waals surface area contributed by atoms with Crippen molar-refractivity contribution in [1.82, 2.24) is 0 Å². The highest BCUT2D eigenvalue weighted by molar-refractivity contribution is 5.98. The Kier molecular flexibility index (Phi) is 4.06. The summed E-state index contributed by atoms with van der Waals surface area (Å²) < 4.78 is 10.7. The molecule has 0 aliphatic carbocycles. The molecule has 4 heteroatoms. The summed E-state index contributed by atoms with van der Waals surface area (Å²) >= 11 is 0. The van der Waals surface area contributed by atoms with E-state index in [2.05, 4.69) is 0 Å². The molecule has 0 saturated carbocycles. The van der Waals surface area contributed by atoms with Crippen LogP contribution in [0, 0.1) is 0 Å². The number of benzene rings is 3. The van der Waals surface area contributed by atoms with Gasteiger partial charge in [0.25, 0.3) is 0 Å². The van der Waals surface area contributed by atoms with Gasteiger partial charge < -0.3 is 9.47 Å². The van der Waals surface area contributed by atoms with Crippen molar-refractivity contribution < 1.29 is 19.1 Å². The molecule has 0 aliphatic rings. The van der Waals surface area contributed by atoms with Crippen LogP contribution in [0.5, 0.6) is 11.5 Å². The summed E-state index contributed by atoms with van der Waals surface area (Å²) in [6, 6.07) is 19.4. The maximum absolute atomic E-state index is 12.3. The van der Waals surface area contributed by atoms with E-state index in [9.17, 15) is 9.59 Å². The molecule has 0 saturated heterocycles. The molecule has 0 heterocycles. The molecule has 4 nitrogen and oxygen atoms in total. The van der Waals surface area contributed by atoms with Crippen molar-refractivity contribution in [2.45, 2.75) is 6.92 Å². The van der Waals surface area contributed by atoms with Crippen LogP contribution in [-0.4, -0.2) is 11.9 Å². The Bertz CT molecular complexity index is 864. The van der Waals surface area contributed by atoms with Crippen molar-refractivity contribution in [3.8, 4) is 11.5 Å². The molecule has 0 atom stereocenters. The number of carbonyl (C=O) groups is 2. The fourth-order valence-electron chi connectivity index (χ4n) is 2.33. The maximum Gasteiger partial charge on any atom is 0.343 e. The molecule has 0 amide bonds. The summed E-state index contributed by atoms with van der Waals surface area (Å²) in [5, 5.41) is 1.41. The molecule has 0 fully saturated rings. The standard InChI is InChI=1S/C19H14O4/c1-13(20)22-16-11-5-9-14-10-6-12-17(18(14)16)23-19(21)15-7-3-2-4-8-15/h2-12H,1H3. The number of carbonyl (C=O) groups excluding carboxylic acids is 2. The maximum atomic E-state index is 12.3. The lowest BCUT2D eigenvalue weighted by atomic mass is 10.1. The van der Waals surface area contributed by atoms with Gasteiger partial charge in [0.2, 0.25) is 0 Å². The predicted octanol–water partition coefficient (Wildman–Crippen LogP) is 3.98. The van der Waals surface area contributed by atoms with Gasteiger partial charge in [-0.15, -0.1) is 0 Å². The zero-order chi connectivity index (χ0) is 16.2. The summed E-state index contributed by atoms with van der Waals surface area (Å²) in [5.41, 5.74) is 0.453. The smallest absolute Gasteiger partial charge is 0.343 e. The van der Waals surface area contributed by atoms with Crippen LogP contribution in [0.2, 0.25) is 0 Å². The minimum absolute atomic E-state index is 0.355. The van der Waals surface area contributed by atoms with E-state index in [1.165, 1.54) is 6.92 Å². The Morgan fingerprint density at radius 2 is 1.35 bits per heavy atom. The normalized spacial score (nSPS) is 10.3. The largest absolute Gasteiger partial charge is 0.426 e. The molecule has 0 radical (unpaired) electrons. The van der Waals surface area contributed by atoms with Gasteiger partial charge in [0.05, 0.1) is 10.9 Å². The third-order valence-electron chi connectivity index (χ3n) is 3.29. The fraction of sp³-hybridized carbons (Fsp3) is 0.0526. The fourth-order valence-corrected chi connectivity index (χ4v) is 2.33. The third kappa shape index (κ3) is 3.21. The van der Waals surface area contributed by atoms with Gasteiger partial charge in [-0.05, 0) is 29.7 Å². The molecule has 114 valence electrons. The molecular formula is C19H14O4. The summed E-state index contributed by atoms with van der Waals surface area (Å²) in [7, 11) is 0. The number of ether oxygens (including phenoxy) is 2. The second-order valence-electron chi connectivity index (χ2n) is 4.96. The zero-order valence-electron chi connectivity index (χ0n) is 12.5. The highest BCUT2D eigenvalue weighted by atomic mass is 16.5. The molecule has 3 rings (SSSR count). The Labute approximate surface area is 133 Å². The van der Waals surface area contributed by atoms with Crippen molar-refractivity contribution in [3.05, 3.63) is 72.3 Å². The molecule has 0 aliphatic heterocycles. The minimum Gasteiger partial charge on any atom is -0.426 e. The van der Waals surface area contributed by atoms with E-state index in [4.69, 9.17) is 9.47 Å². The van der Waals surface area contributed by atoms with Gasteiger partial charge in [-0.25, -0.2) is 4.79 Å². The molecule has 3 aromatic carbocycles. The summed E-state index contributed by atoms with van der Waals surface area (Å²) in [6.07, 6.45) is 0. The van der Waals surface area contributed by atoms with Crippen molar-refractivity contribution in [3.63, 3.8) is 0 Å². The SMILES string of the molecule is CC(=O)Oc1cccc2cccc(OC(=O)c3ccccc3)c12. The van der Waals surface area contributed by atoms with Crippen LogP contribution < -0.4 is 9.47 Å². The Balaban J connectivity index is 2.03. The van der Waals surface area contributed by atoms with Crippen molar-refractivity contribution in [2.24, 2.45) is 0 Å². The molecule has 0 bridgehead atoms. The van der Waals surface area contributed by atoms with Crippen molar-refractivity contribution in [1.29, 1.82) is 0 Å². The molecule has 0 N–H and O–H groups in total. The number of hydrogen-bond donors (Lipinski definition) is 0. The van der Waals surface area contributed by atoms with E-state index >= 15 is 0 Å². The topological polar surface area (TPSA) is 52.6 Å². The third-order valence-corrected chi connectivity index (χ3v) is 3.29. The molecule has 3 aromatic rings. The lowest BCUT2D eigenvalue weighted by Crippen LogP contribution is -2.09. The van der Waals surface area contributed by atoms with Crippen LogP contribution in [0.4, 0.5) is 0 Å². The van der Waals surface area contributed by atoms with Gasteiger partial charge in [-0.1, -0.05) is 42.5 Å². The van der Waals surface area contributed by atoms with Crippen LogP contribution in [0.15, 0.2) is 66.7 Å². The van der Waals surface area contributed by atoms with Gasteiger partial charge in [-0.3, -0.25) is 4.79 Å². The first-order chi connectivity index (χ1) is 11.1. The van der Waals surface area contributed by atoms with Gasteiger partial charge in [0.15, 0.2) is 0 Å². The first-order valence-electron chi connectivity index (χ1n) is 7.12. The first-order valence-corrected chi connectivity index (χ1v) is 7.12. The summed E-state index contributed by atoms with van der Waals surface area (Å²) in [6.45, 7) is 1.33. The van der Waals surface area contributed by atoms with Crippen molar-refractivity contribution in [2.75, 3.05) is 0 Å². The van der Waals surface area contributed by atoms with Gasteiger partial charge in [-0.2, -0.15) is 0 Å². The number of hydrogen-bond acceptors (Lipinski definition) is 4. The lowest BCUT2D eigenvalue weighted by Gasteiger charge is -2.11. The average molecular weight is 306 g/mol. The van der Waals surface area contributed by atoms with Crippen molar-refractivity contribution >= 4 is 22.7 Å². The first kappa shape index (κ1) is 14.8. The second-order valence-corrected chi connectivity index (χ2v) is 4.96. The van der Waals surface area contributed by atoms with E-state index in [-0.39, 0.29) is 0 Å². The van der Waals surface area contributed by atoms with Crippen LogP contribution in [0.1, 0.15) is 17.3 Å². The highest BCUT2D eigenvalue weighted by Crippen LogP contribution is 2.34. The highest BCUT2D eigenvalue weighted by Gasteiger charge is 2.14. The molecule has 0 unspecified atom stereocenters. The molecule has 0 spiro atoms. The molecular weight excluding hydrogens is 292 g/mol. The van der Waals surface area contributed by atoms with E-state index in [0.29, 0.717) is 22.4 Å². The predicted molar refractivity (Wildman–Crippen MR) is 86.7 cm³/mol. The lowest BCUT2D eigenvalue weighted by molar-refractivity contribution is -0.131. The van der Waals surface area contributed by atoms with E-state index in [0.717, 1.165) is 5.39 Å². The second kappa shape index (κ2) is 6.32. The van der Waals surface area contributed by atoms with E-state index < -0.39 is 11.9 Å². The van der Waals surface area contributed by atoms with Gasteiger partial charge in [0.1, 0.15) is 11.5 Å². The van der Waals surface area contributed by atoms with Crippen LogP contribution in [0.25, 0.3) is 10.8 Å². The quantitative estimate of drug-likeness (QED) is 0.542. The van der Waals surface area contributed by atoms with Crippen LogP contribution in [-0.2, 0) is 4.79 Å². The Morgan fingerprint density at radius 3 is 1.96 bits per heavy atom. The van der Waals surface area contributed by atoms with E-state index in [1.54, 1.807) is 48.5 Å². The zero-order valence-corrected chi connectivity index (χ0v) is 12.5. The number of rotatable bonds is 3. The summed E-state index contributed by atoms with van der Waals surface area (Å²) in [5.74, 6) is -0.169. The van der Waals surface area contributed by atoms with E-state index in [1.807, 2.05) is 18.2 Å². The van der Waals surface area contributed by atoms with Gasteiger partial charge >= 0.3 is 11.9 Å².